The number of rotatable bonds is 4. The lowest BCUT2D eigenvalue weighted by molar-refractivity contribution is -0.135. The van der Waals surface area contributed by atoms with Gasteiger partial charge in [-0.15, -0.1) is 0 Å². The van der Waals surface area contributed by atoms with E-state index in [1.165, 1.54) is 7.11 Å². The number of ether oxygens (including phenoxy) is 2. The molecule has 1 aromatic carbocycles. The van der Waals surface area contributed by atoms with Gasteiger partial charge in [0.1, 0.15) is 24.8 Å². The first-order valence-electron chi connectivity index (χ1n) is 10.1. The lowest BCUT2D eigenvalue weighted by atomic mass is 9.98. The van der Waals surface area contributed by atoms with Crippen molar-refractivity contribution in [2.75, 3.05) is 32.6 Å². The summed E-state index contributed by atoms with van der Waals surface area (Å²) in [4.78, 5) is 18.4. The van der Waals surface area contributed by atoms with Gasteiger partial charge in [-0.3, -0.25) is 9.48 Å². The van der Waals surface area contributed by atoms with Crippen molar-refractivity contribution in [2.45, 2.75) is 33.4 Å². The van der Waals surface area contributed by atoms with E-state index in [4.69, 9.17) is 31.9 Å². The SMILES string of the molecule is COCC(=O)N1CCOc2c(C(C)n3nc(C)c4c(N)nccc43)cc(Cl)c(C)c2C1. The smallest absolute Gasteiger partial charge is 0.248 e. The van der Waals surface area contributed by atoms with E-state index in [1.807, 2.05) is 37.6 Å². The van der Waals surface area contributed by atoms with Crippen LogP contribution in [0.4, 0.5) is 5.82 Å². The maximum Gasteiger partial charge on any atom is 0.248 e. The van der Waals surface area contributed by atoms with E-state index in [-0.39, 0.29) is 18.6 Å². The minimum atomic E-state index is -0.175. The molecule has 1 aliphatic rings. The number of fused-ring (bicyclic) bond motifs is 2. The highest BCUT2D eigenvalue weighted by Gasteiger charge is 2.28. The number of carbonyl (C=O) groups excluding carboxylic acids is 1. The number of nitrogen functional groups attached to an aromatic ring is 1. The summed E-state index contributed by atoms with van der Waals surface area (Å²) in [6, 6.07) is 3.66. The van der Waals surface area contributed by atoms with Gasteiger partial charge in [0.05, 0.1) is 29.2 Å². The molecule has 0 radical (unpaired) electrons. The zero-order valence-electron chi connectivity index (χ0n) is 18.1. The average Bonchev–Trinajstić information content (AvgIpc) is 2.93. The first-order chi connectivity index (χ1) is 14.8. The standard InChI is InChI=1S/C22H26ClN5O3/c1-12-16-10-27(19(29)11-30-4)7-8-31-21(16)15(9-17(12)23)14(3)28-18-5-6-25-22(24)20(18)13(2)26-28/h5-6,9,14H,7-8,10-11H2,1-4H3,(H2,24,25). The number of amides is 1. The number of halogens is 1. The Kier molecular flexibility index (Phi) is 5.77. The Bertz CT molecular complexity index is 1160. The van der Waals surface area contributed by atoms with Crippen LogP contribution in [0.1, 0.15) is 35.3 Å². The quantitative estimate of drug-likeness (QED) is 0.664. The van der Waals surface area contributed by atoms with Crippen LogP contribution in [0, 0.1) is 13.8 Å². The van der Waals surface area contributed by atoms with Gasteiger partial charge in [-0.2, -0.15) is 5.10 Å². The fourth-order valence-electron chi connectivity index (χ4n) is 4.15. The van der Waals surface area contributed by atoms with Crippen LogP contribution in [0.5, 0.6) is 5.75 Å². The highest BCUT2D eigenvalue weighted by atomic mass is 35.5. The van der Waals surface area contributed by atoms with Crippen molar-refractivity contribution in [3.05, 3.63) is 45.7 Å². The van der Waals surface area contributed by atoms with Crippen LogP contribution in [0.15, 0.2) is 18.3 Å². The van der Waals surface area contributed by atoms with Crippen LogP contribution in [0.2, 0.25) is 5.02 Å². The molecule has 8 nitrogen and oxygen atoms in total. The number of nitrogens with zero attached hydrogens (tertiary/aromatic N) is 4. The molecule has 0 fully saturated rings. The van der Waals surface area contributed by atoms with Gasteiger partial charge in [0.25, 0.3) is 0 Å². The Balaban J connectivity index is 1.82. The zero-order valence-corrected chi connectivity index (χ0v) is 18.9. The lowest BCUT2D eigenvalue weighted by Crippen LogP contribution is -2.35. The summed E-state index contributed by atoms with van der Waals surface area (Å²) < 4.78 is 13.1. The summed E-state index contributed by atoms with van der Waals surface area (Å²) in [5, 5.41) is 6.20. The molecular weight excluding hydrogens is 418 g/mol. The summed E-state index contributed by atoms with van der Waals surface area (Å²) >= 11 is 6.63. The van der Waals surface area contributed by atoms with Crippen LogP contribution >= 0.6 is 11.6 Å². The Morgan fingerprint density at radius 2 is 2.19 bits per heavy atom. The second-order valence-electron chi connectivity index (χ2n) is 7.77. The van der Waals surface area contributed by atoms with Crippen molar-refractivity contribution in [1.29, 1.82) is 0 Å². The van der Waals surface area contributed by atoms with E-state index in [0.29, 0.717) is 30.5 Å². The highest BCUT2D eigenvalue weighted by Crippen LogP contribution is 2.40. The minimum absolute atomic E-state index is 0.0339. The number of methoxy groups -OCH3 is 1. The van der Waals surface area contributed by atoms with Gasteiger partial charge in [0.2, 0.25) is 5.91 Å². The number of anilines is 1. The van der Waals surface area contributed by atoms with Crippen molar-refractivity contribution in [1.82, 2.24) is 19.7 Å². The summed E-state index contributed by atoms with van der Waals surface area (Å²) in [5.74, 6) is 1.13. The predicted octanol–water partition coefficient (Wildman–Crippen LogP) is 3.26. The molecule has 0 aliphatic carbocycles. The third-order valence-corrected chi connectivity index (χ3v) is 6.24. The van der Waals surface area contributed by atoms with Gasteiger partial charge in [0.15, 0.2) is 0 Å². The monoisotopic (exact) mass is 443 g/mol. The Morgan fingerprint density at radius 3 is 2.94 bits per heavy atom. The molecule has 0 bridgehead atoms. The predicted molar refractivity (Wildman–Crippen MR) is 119 cm³/mol. The molecule has 0 saturated carbocycles. The van der Waals surface area contributed by atoms with Crippen molar-refractivity contribution in [2.24, 2.45) is 0 Å². The van der Waals surface area contributed by atoms with Gasteiger partial charge in [-0.25, -0.2) is 4.98 Å². The molecule has 1 atom stereocenters. The van der Waals surface area contributed by atoms with Crippen LogP contribution in [0.25, 0.3) is 10.9 Å². The molecule has 164 valence electrons. The van der Waals surface area contributed by atoms with Gasteiger partial charge >= 0.3 is 0 Å². The topological polar surface area (TPSA) is 95.5 Å². The minimum Gasteiger partial charge on any atom is -0.491 e. The molecule has 2 aromatic heterocycles. The Hall–Kier alpha value is -2.84. The van der Waals surface area contributed by atoms with Crippen molar-refractivity contribution >= 4 is 34.2 Å². The van der Waals surface area contributed by atoms with Crippen molar-refractivity contribution in [3.63, 3.8) is 0 Å². The highest BCUT2D eigenvalue weighted by molar-refractivity contribution is 6.31. The van der Waals surface area contributed by atoms with E-state index in [2.05, 4.69) is 4.98 Å². The van der Waals surface area contributed by atoms with Gasteiger partial charge in [0, 0.05) is 36.0 Å². The largest absolute Gasteiger partial charge is 0.491 e. The molecule has 1 aliphatic heterocycles. The van der Waals surface area contributed by atoms with Crippen LogP contribution in [0.3, 0.4) is 0 Å². The van der Waals surface area contributed by atoms with Crippen molar-refractivity contribution in [3.8, 4) is 5.75 Å². The molecule has 3 aromatic rings. The van der Waals surface area contributed by atoms with Crippen LogP contribution < -0.4 is 10.5 Å². The molecule has 1 amide bonds. The van der Waals surface area contributed by atoms with Gasteiger partial charge in [-0.05, 0) is 38.5 Å². The van der Waals surface area contributed by atoms with E-state index in [0.717, 1.165) is 39.0 Å². The number of hydrogen-bond acceptors (Lipinski definition) is 6. The molecule has 9 heteroatoms. The molecule has 2 N–H and O–H groups in total. The summed E-state index contributed by atoms with van der Waals surface area (Å²) in [7, 11) is 1.51. The molecule has 1 unspecified atom stereocenters. The number of aryl methyl sites for hydroxylation is 1. The Labute approximate surface area is 185 Å². The summed E-state index contributed by atoms with van der Waals surface area (Å²) in [5.41, 5.74) is 10.5. The van der Waals surface area contributed by atoms with E-state index >= 15 is 0 Å². The molecule has 0 spiro atoms. The second-order valence-corrected chi connectivity index (χ2v) is 8.18. The normalized spacial score (nSPS) is 14.8. The number of pyridine rings is 1. The molecule has 4 rings (SSSR count). The maximum atomic E-state index is 12.5. The first kappa shape index (κ1) is 21.4. The molecule has 0 saturated heterocycles. The fourth-order valence-corrected chi connectivity index (χ4v) is 4.38. The lowest BCUT2D eigenvalue weighted by Gasteiger charge is -2.23. The molecular formula is C22H26ClN5O3. The van der Waals surface area contributed by atoms with E-state index < -0.39 is 0 Å². The average molecular weight is 444 g/mol. The summed E-state index contributed by atoms with van der Waals surface area (Å²) in [6.45, 7) is 7.23. The van der Waals surface area contributed by atoms with Crippen LogP contribution in [-0.2, 0) is 16.1 Å². The zero-order chi connectivity index (χ0) is 22.3. The number of benzene rings is 1. The number of hydrogen-bond donors (Lipinski definition) is 1. The van der Waals surface area contributed by atoms with E-state index in [9.17, 15) is 4.79 Å². The Morgan fingerprint density at radius 1 is 1.42 bits per heavy atom. The first-order valence-corrected chi connectivity index (χ1v) is 10.5. The van der Waals surface area contributed by atoms with E-state index in [1.54, 1.807) is 11.1 Å². The number of aromatic nitrogens is 3. The number of carbonyl (C=O) groups is 1. The summed E-state index contributed by atoms with van der Waals surface area (Å²) in [6.07, 6.45) is 1.68. The maximum absolute atomic E-state index is 12.5. The number of nitrogens with two attached hydrogens (primary N) is 1. The third kappa shape index (κ3) is 3.70. The van der Waals surface area contributed by atoms with Crippen LogP contribution in [-0.4, -0.2) is 52.4 Å². The van der Waals surface area contributed by atoms with Gasteiger partial charge in [-0.1, -0.05) is 11.6 Å². The fraction of sp³-hybridized carbons (Fsp3) is 0.409. The second kappa shape index (κ2) is 8.36. The molecule has 3 heterocycles. The third-order valence-electron chi connectivity index (χ3n) is 5.85. The van der Waals surface area contributed by atoms with Gasteiger partial charge < -0.3 is 20.1 Å². The van der Waals surface area contributed by atoms with Crippen molar-refractivity contribution < 1.29 is 14.3 Å². The molecule has 31 heavy (non-hydrogen) atoms.